The van der Waals surface area contributed by atoms with E-state index in [0.29, 0.717) is 0 Å². The van der Waals surface area contributed by atoms with Crippen molar-refractivity contribution in [2.75, 3.05) is 0 Å². The first kappa shape index (κ1) is 10.3. The number of hydrogen-bond donors (Lipinski definition) is 1. The highest BCUT2D eigenvalue weighted by Gasteiger charge is 2.00. The summed E-state index contributed by atoms with van der Waals surface area (Å²) in [6, 6.07) is 19.0. The Balaban J connectivity index is 2.24. The molecule has 1 heteroatoms. The molecule has 0 amide bonds. The molecule has 0 atom stereocenters. The van der Waals surface area contributed by atoms with Crippen LogP contribution in [0.25, 0.3) is 0 Å². The van der Waals surface area contributed by atoms with Crippen molar-refractivity contribution in [3.63, 3.8) is 0 Å². The Morgan fingerprint density at radius 3 is 2.00 bits per heavy atom. The van der Waals surface area contributed by atoms with Crippen LogP contribution in [0.15, 0.2) is 54.6 Å². The summed E-state index contributed by atoms with van der Waals surface area (Å²) in [6.45, 7) is 0. The van der Waals surface area contributed by atoms with Crippen molar-refractivity contribution in [3.05, 3.63) is 71.3 Å². The molecule has 0 heterocycles. The number of benzene rings is 2. The van der Waals surface area contributed by atoms with Crippen LogP contribution in [0.5, 0.6) is 0 Å². The zero-order chi connectivity index (χ0) is 10.5. The van der Waals surface area contributed by atoms with Gasteiger partial charge in [0.1, 0.15) is 0 Å². The van der Waals surface area contributed by atoms with Crippen molar-refractivity contribution < 1.29 is 0 Å². The molecule has 0 unspecified atom stereocenters. The molecule has 0 aromatic heterocycles. The van der Waals surface area contributed by atoms with E-state index in [-0.39, 0.29) is 0 Å². The van der Waals surface area contributed by atoms with E-state index in [1.165, 1.54) is 16.7 Å². The van der Waals surface area contributed by atoms with Gasteiger partial charge in [-0.3, -0.25) is 0 Å². The molecule has 0 spiro atoms. The lowest BCUT2D eigenvalue weighted by atomic mass is 10.0. The van der Waals surface area contributed by atoms with Crippen molar-refractivity contribution in [2.24, 2.45) is 0 Å². The van der Waals surface area contributed by atoms with Crippen LogP contribution in [0, 0.1) is 0 Å². The van der Waals surface area contributed by atoms with E-state index in [1.54, 1.807) is 0 Å². The minimum Gasteiger partial charge on any atom is -0.175 e. The van der Waals surface area contributed by atoms with Gasteiger partial charge in [0.2, 0.25) is 0 Å². The summed E-state index contributed by atoms with van der Waals surface area (Å²) in [5.74, 6) is 0.809. The van der Waals surface area contributed by atoms with Crippen molar-refractivity contribution in [1.82, 2.24) is 0 Å². The second-order valence-electron chi connectivity index (χ2n) is 3.59. The molecule has 0 aliphatic rings. The van der Waals surface area contributed by atoms with Gasteiger partial charge in [-0.05, 0) is 23.1 Å². The molecule has 0 nitrogen and oxygen atoms in total. The summed E-state index contributed by atoms with van der Waals surface area (Å²) in [5.41, 5.74) is 4.05. The SMILES string of the molecule is SCc1ccccc1Cc1ccccc1. The normalized spacial score (nSPS) is 10.2. The van der Waals surface area contributed by atoms with Crippen LogP contribution in [0.3, 0.4) is 0 Å². The van der Waals surface area contributed by atoms with Gasteiger partial charge in [-0.2, -0.15) is 12.6 Å². The Kier molecular flexibility index (Phi) is 3.46. The lowest BCUT2D eigenvalue weighted by Crippen LogP contribution is -1.92. The van der Waals surface area contributed by atoms with Gasteiger partial charge in [0.25, 0.3) is 0 Å². The molecule has 0 saturated heterocycles. The molecule has 2 rings (SSSR count). The van der Waals surface area contributed by atoms with Crippen molar-refractivity contribution >= 4 is 12.6 Å². The van der Waals surface area contributed by atoms with Crippen LogP contribution in [0.1, 0.15) is 16.7 Å². The Hall–Kier alpha value is -1.21. The zero-order valence-electron chi connectivity index (χ0n) is 8.56. The van der Waals surface area contributed by atoms with Crippen molar-refractivity contribution in [1.29, 1.82) is 0 Å². The van der Waals surface area contributed by atoms with Crippen LogP contribution in [0.2, 0.25) is 0 Å². The Labute approximate surface area is 96.4 Å². The second-order valence-corrected chi connectivity index (χ2v) is 3.91. The van der Waals surface area contributed by atoms with E-state index >= 15 is 0 Å². The largest absolute Gasteiger partial charge is 0.175 e. The lowest BCUT2D eigenvalue weighted by molar-refractivity contribution is 1.15. The van der Waals surface area contributed by atoms with Crippen LogP contribution in [0.4, 0.5) is 0 Å². The van der Waals surface area contributed by atoms with E-state index in [9.17, 15) is 0 Å². The number of hydrogen-bond acceptors (Lipinski definition) is 1. The van der Waals surface area contributed by atoms with Gasteiger partial charge >= 0.3 is 0 Å². The topological polar surface area (TPSA) is 0 Å². The third-order valence-electron chi connectivity index (χ3n) is 2.53. The van der Waals surface area contributed by atoms with E-state index < -0.39 is 0 Å². The van der Waals surface area contributed by atoms with Gasteiger partial charge in [0.05, 0.1) is 0 Å². The highest BCUT2D eigenvalue weighted by atomic mass is 32.1. The smallest absolute Gasteiger partial charge is 0.0157 e. The molecule has 0 fully saturated rings. The molecule has 76 valence electrons. The highest BCUT2D eigenvalue weighted by Crippen LogP contribution is 2.15. The molecule has 0 radical (unpaired) electrons. The monoisotopic (exact) mass is 214 g/mol. The molecule has 0 bridgehead atoms. The Bertz CT molecular complexity index is 420. The van der Waals surface area contributed by atoms with Gasteiger partial charge in [-0.1, -0.05) is 54.6 Å². The Morgan fingerprint density at radius 2 is 1.33 bits per heavy atom. The molecule has 0 aliphatic carbocycles. The summed E-state index contributed by atoms with van der Waals surface area (Å²) < 4.78 is 0. The summed E-state index contributed by atoms with van der Waals surface area (Å²) >= 11 is 4.35. The molecule has 2 aromatic carbocycles. The first-order chi connectivity index (χ1) is 7.40. The lowest BCUT2D eigenvalue weighted by Gasteiger charge is -2.06. The fourth-order valence-electron chi connectivity index (χ4n) is 1.70. The summed E-state index contributed by atoms with van der Waals surface area (Å²) in [4.78, 5) is 0. The molecule has 15 heavy (non-hydrogen) atoms. The Morgan fingerprint density at radius 1 is 0.733 bits per heavy atom. The van der Waals surface area contributed by atoms with Crippen LogP contribution in [-0.2, 0) is 12.2 Å². The fraction of sp³-hybridized carbons (Fsp3) is 0.143. The fourth-order valence-corrected chi connectivity index (χ4v) is 2.01. The third kappa shape index (κ3) is 2.63. The average Bonchev–Trinajstić information content (AvgIpc) is 2.31. The van der Waals surface area contributed by atoms with Gasteiger partial charge in [0.15, 0.2) is 0 Å². The summed E-state index contributed by atoms with van der Waals surface area (Å²) in [5, 5.41) is 0. The van der Waals surface area contributed by atoms with Crippen LogP contribution >= 0.6 is 12.6 Å². The van der Waals surface area contributed by atoms with Crippen molar-refractivity contribution in [3.8, 4) is 0 Å². The molecular formula is C14H14S. The molecule has 0 aliphatic heterocycles. The van der Waals surface area contributed by atoms with E-state index in [2.05, 4.69) is 61.2 Å². The van der Waals surface area contributed by atoms with Crippen molar-refractivity contribution in [2.45, 2.75) is 12.2 Å². The predicted octanol–water partition coefficient (Wildman–Crippen LogP) is 3.71. The minimum absolute atomic E-state index is 0.809. The van der Waals surface area contributed by atoms with Gasteiger partial charge < -0.3 is 0 Å². The van der Waals surface area contributed by atoms with Gasteiger partial charge in [-0.15, -0.1) is 0 Å². The van der Waals surface area contributed by atoms with Crippen LogP contribution in [-0.4, -0.2) is 0 Å². The number of thiol groups is 1. The standard InChI is InChI=1S/C14H14S/c15-11-14-9-5-4-8-13(14)10-12-6-2-1-3-7-12/h1-9,15H,10-11H2. The van der Waals surface area contributed by atoms with Gasteiger partial charge in [-0.25, -0.2) is 0 Å². The molecular weight excluding hydrogens is 200 g/mol. The van der Waals surface area contributed by atoms with E-state index in [4.69, 9.17) is 0 Å². The van der Waals surface area contributed by atoms with E-state index in [1.807, 2.05) is 6.07 Å². The predicted molar refractivity (Wildman–Crippen MR) is 68.4 cm³/mol. The second kappa shape index (κ2) is 5.04. The maximum atomic E-state index is 4.35. The van der Waals surface area contributed by atoms with Gasteiger partial charge in [0, 0.05) is 5.75 Å². The summed E-state index contributed by atoms with van der Waals surface area (Å²) in [7, 11) is 0. The van der Waals surface area contributed by atoms with E-state index in [0.717, 1.165) is 12.2 Å². The quantitative estimate of drug-likeness (QED) is 0.740. The summed E-state index contributed by atoms with van der Waals surface area (Å²) in [6.07, 6.45) is 0.998. The zero-order valence-corrected chi connectivity index (χ0v) is 9.45. The molecule has 0 saturated carbocycles. The maximum Gasteiger partial charge on any atom is 0.0157 e. The minimum atomic E-state index is 0.809. The molecule has 0 N–H and O–H groups in total. The first-order valence-corrected chi connectivity index (χ1v) is 5.75. The average molecular weight is 214 g/mol. The molecule has 2 aromatic rings. The maximum absolute atomic E-state index is 4.35. The number of rotatable bonds is 3. The highest BCUT2D eigenvalue weighted by molar-refractivity contribution is 7.79. The van der Waals surface area contributed by atoms with Crippen LogP contribution < -0.4 is 0 Å². The third-order valence-corrected chi connectivity index (χ3v) is 2.87. The first-order valence-electron chi connectivity index (χ1n) is 5.11.